The highest BCUT2D eigenvalue weighted by atomic mass is 79.9. The van der Waals surface area contributed by atoms with E-state index in [0.29, 0.717) is 11.1 Å². The molecule has 1 aromatic heterocycles. The van der Waals surface area contributed by atoms with Crippen molar-refractivity contribution in [3.05, 3.63) is 69.3 Å². The maximum atomic E-state index is 12.9. The predicted octanol–water partition coefficient (Wildman–Crippen LogP) is 5.32. The number of halogens is 2. The fraction of sp³-hybridized carbons (Fsp3) is 0.348. The van der Waals surface area contributed by atoms with E-state index in [4.69, 9.17) is 11.6 Å². The van der Waals surface area contributed by atoms with Gasteiger partial charge >= 0.3 is 0 Å². The van der Waals surface area contributed by atoms with Gasteiger partial charge in [-0.2, -0.15) is 0 Å². The molecule has 0 aliphatic carbocycles. The second-order valence-electron chi connectivity index (χ2n) is 8.48. The van der Waals surface area contributed by atoms with Gasteiger partial charge in [-0.3, -0.25) is 9.69 Å². The summed E-state index contributed by atoms with van der Waals surface area (Å²) in [4.78, 5) is 20.7. The van der Waals surface area contributed by atoms with Gasteiger partial charge in [0.15, 0.2) is 0 Å². The number of carbonyl (C=O) groups excluding carboxylic acids is 1. The third-order valence-electron chi connectivity index (χ3n) is 6.39. The predicted molar refractivity (Wildman–Crippen MR) is 120 cm³/mol. The monoisotopic (exact) mass is 471 g/mol. The van der Waals surface area contributed by atoms with E-state index in [0.717, 1.165) is 66.0 Å². The molecule has 29 heavy (non-hydrogen) atoms. The molecule has 2 aliphatic rings. The number of H-pyrrole nitrogens is 1. The number of aromatic amines is 1. The van der Waals surface area contributed by atoms with Crippen LogP contribution in [-0.4, -0.2) is 46.9 Å². The zero-order valence-electron chi connectivity index (χ0n) is 16.1. The van der Waals surface area contributed by atoms with Crippen molar-refractivity contribution < 1.29 is 4.79 Å². The summed E-state index contributed by atoms with van der Waals surface area (Å²) in [5.74, 6) is 0.117. The molecule has 1 amide bonds. The molecule has 6 heteroatoms. The van der Waals surface area contributed by atoms with E-state index in [-0.39, 0.29) is 5.91 Å². The minimum atomic E-state index is 0.117. The number of benzene rings is 2. The van der Waals surface area contributed by atoms with Crippen LogP contribution >= 0.6 is 27.5 Å². The van der Waals surface area contributed by atoms with Crippen molar-refractivity contribution in [2.24, 2.45) is 5.41 Å². The Hall–Kier alpha value is -1.82. The molecular formula is C23H23BrClN3O. The summed E-state index contributed by atoms with van der Waals surface area (Å²) in [7, 11) is 0. The summed E-state index contributed by atoms with van der Waals surface area (Å²) in [5.41, 5.74) is 3.30. The van der Waals surface area contributed by atoms with E-state index in [1.807, 2.05) is 41.3 Å². The van der Waals surface area contributed by atoms with Gasteiger partial charge in [-0.15, -0.1) is 0 Å². The number of likely N-dealkylation sites (tertiary alicyclic amines) is 2. The number of aromatic nitrogens is 1. The Labute approximate surface area is 184 Å². The average molecular weight is 473 g/mol. The van der Waals surface area contributed by atoms with Gasteiger partial charge < -0.3 is 9.88 Å². The van der Waals surface area contributed by atoms with Crippen LogP contribution in [0.2, 0.25) is 5.02 Å². The van der Waals surface area contributed by atoms with Crippen LogP contribution in [0.1, 0.15) is 28.9 Å². The molecule has 1 N–H and O–H groups in total. The Bertz CT molecular complexity index is 1050. The zero-order valence-corrected chi connectivity index (χ0v) is 18.5. The second-order valence-corrected chi connectivity index (χ2v) is 9.83. The minimum absolute atomic E-state index is 0.117. The SMILES string of the molecule is O=C(c1cc2cc(Br)ccc2[nH]1)N1CC2(CCN(Cc3ccc(Cl)cc3)CC2)C1. The van der Waals surface area contributed by atoms with Crippen molar-refractivity contribution >= 4 is 44.3 Å². The van der Waals surface area contributed by atoms with Crippen molar-refractivity contribution in [2.45, 2.75) is 19.4 Å². The first-order valence-corrected chi connectivity index (χ1v) is 11.2. The molecule has 150 valence electrons. The number of nitrogens with zero attached hydrogens (tertiary/aromatic N) is 2. The Morgan fingerprint density at radius 3 is 2.52 bits per heavy atom. The molecule has 0 radical (unpaired) electrons. The number of fused-ring (bicyclic) bond motifs is 1. The number of carbonyl (C=O) groups is 1. The number of piperidine rings is 1. The van der Waals surface area contributed by atoms with Crippen LogP contribution in [0, 0.1) is 5.41 Å². The summed E-state index contributed by atoms with van der Waals surface area (Å²) in [6, 6.07) is 16.1. The number of nitrogens with one attached hydrogen (secondary N) is 1. The van der Waals surface area contributed by atoms with Gasteiger partial charge in [0, 0.05) is 45.4 Å². The first kappa shape index (κ1) is 19.2. The van der Waals surface area contributed by atoms with E-state index >= 15 is 0 Å². The number of amides is 1. The number of hydrogen-bond donors (Lipinski definition) is 1. The van der Waals surface area contributed by atoms with Crippen molar-refractivity contribution in [2.75, 3.05) is 26.2 Å². The van der Waals surface area contributed by atoms with Crippen molar-refractivity contribution in [1.29, 1.82) is 0 Å². The number of hydrogen-bond acceptors (Lipinski definition) is 2. The summed E-state index contributed by atoms with van der Waals surface area (Å²) < 4.78 is 1.02. The summed E-state index contributed by atoms with van der Waals surface area (Å²) in [5, 5.41) is 1.85. The smallest absolute Gasteiger partial charge is 0.270 e. The minimum Gasteiger partial charge on any atom is -0.351 e. The molecule has 1 spiro atoms. The number of rotatable bonds is 3. The van der Waals surface area contributed by atoms with Gasteiger partial charge in [-0.05, 0) is 67.9 Å². The highest BCUT2D eigenvalue weighted by Crippen LogP contribution is 2.41. The van der Waals surface area contributed by atoms with Crippen molar-refractivity contribution in [3.8, 4) is 0 Å². The Balaban J connectivity index is 1.17. The normalized spacial score (nSPS) is 18.9. The molecule has 2 fully saturated rings. The van der Waals surface area contributed by atoms with Crippen LogP contribution in [0.25, 0.3) is 10.9 Å². The van der Waals surface area contributed by atoms with Gasteiger partial charge in [0.25, 0.3) is 5.91 Å². The van der Waals surface area contributed by atoms with Crippen molar-refractivity contribution in [1.82, 2.24) is 14.8 Å². The molecule has 2 aromatic carbocycles. The fourth-order valence-electron chi connectivity index (χ4n) is 4.65. The van der Waals surface area contributed by atoms with Crippen LogP contribution in [-0.2, 0) is 6.54 Å². The molecule has 0 atom stereocenters. The summed E-state index contributed by atoms with van der Waals surface area (Å²) in [6.07, 6.45) is 2.31. The lowest BCUT2D eigenvalue weighted by Gasteiger charge is -2.54. The zero-order chi connectivity index (χ0) is 20.0. The Morgan fingerprint density at radius 2 is 1.79 bits per heavy atom. The van der Waals surface area contributed by atoms with Crippen LogP contribution in [0.3, 0.4) is 0 Å². The highest BCUT2D eigenvalue weighted by Gasteiger charge is 2.46. The van der Waals surface area contributed by atoms with Gasteiger partial charge in [0.05, 0.1) is 0 Å². The van der Waals surface area contributed by atoms with E-state index in [9.17, 15) is 4.79 Å². The lowest BCUT2D eigenvalue weighted by molar-refractivity contribution is -0.0338. The molecule has 3 heterocycles. The standard InChI is InChI=1S/C23H23BrClN3O/c24-18-3-6-20-17(11-18)12-21(26-20)22(29)28-14-23(15-28)7-9-27(10-8-23)13-16-1-4-19(25)5-2-16/h1-6,11-12,26H,7-10,13-15H2. The molecule has 2 saturated heterocycles. The van der Waals surface area contributed by atoms with E-state index in [1.54, 1.807) is 0 Å². The van der Waals surface area contributed by atoms with Gasteiger partial charge in [0.2, 0.25) is 0 Å². The van der Waals surface area contributed by atoms with E-state index in [2.05, 4.69) is 37.9 Å². The first-order valence-electron chi connectivity index (χ1n) is 10.0. The molecule has 0 bridgehead atoms. The fourth-order valence-corrected chi connectivity index (χ4v) is 5.15. The van der Waals surface area contributed by atoms with Crippen LogP contribution in [0.15, 0.2) is 53.0 Å². The van der Waals surface area contributed by atoms with Gasteiger partial charge in [-0.1, -0.05) is 39.7 Å². The first-order chi connectivity index (χ1) is 14.0. The third-order valence-corrected chi connectivity index (χ3v) is 7.13. The Kier molecular flexibility index (Phi) is 4.93. The Morgan fingerprint density at radius 1 is 1.07 bits per heavy atom. The van der Waals surface area contributed by atoms with Gasteiger partial charge in [0.1, 0.15) is 5.69 Å². The largest absolute Gasteiger partial charge is 0.351 e. The molecule has 3 aromatic rings. The van der Waals surface area contributed by atoms with Gasteiger partial charge in [-0.25, -0.2) is 0 Å². The molecule has 0 saturated carbocycles. The molecule has 0 unspecified atom stereocenters. The lowest BCUT2D eigenvalue weighted by Crippen LogP contribution is -2.61. The topological polar surface area (TPSA) is 39.3 Å². The summed E-state index contributed by atoms with van der Waals surface area (Å²) >= 11 is 9.47. The van der Waals surface area contributed by atoms with Crippen LogP contribution in [0.5, 0.6) is 0 Å². The van der Waals surface area contributed by atoms with Crippen molar-refractivity contribution in [3.63, 3.8) is 0 Å². The molecular weight excluding hydrogens is 450 g/mol. The van der Waals surface area contributed by atoms with Crippen LogP contribution < -0.4 is 0 Å². The highest BCUT2D eigenvalue weighted by molar-refractivity contribution is 9.10. The third kappa shape index (κ3) is 3.83. The maximum Gasteiger partial charge on any atom is 0.270 e. The molecule has 4 nitrogen and oxygen atoms in total. The average Bonchev–Trinajstić information content (AvgIpc) is 3.11. The molecule has 2 aliphatic heterocycles. The van der Waals surface area contributed by atoms with Crippen LogP contribution in [0.4, 0.5) is 0 Å². The maximum absolute atomic E-state index is 12.9. The second kappa shape index (κ2) is 7.46. The van der Waals surface area contributed by atoms with E-state index in [1.165, 1.54) is 5.56 Å². The quantitative estimate of drug-likeness (QED) is 0.560. The summed E-state index contributed by atoms with van der Waals surface area (Å²) in [6.45, 7) is 4.90. The lowest BCUT2D eigenvalue weighted by atomic mass is 9.72. The molecule has 5 rings (SSSR count). The van der Waals surface area contributed by atoms with E-state index < -0.39 is 0 Å².